The quantitative estimate of drug-likeness (QED) is 0.600. The topological polar surface area (TPSA) is 15.6 Å². The maximum absolute atomic E-state index is 4.28. The number of hydrogen-bond acceptors (Lipinski definition) is 2. The third-order valence-corrected chi connectivity index (χ3v) is 3.40. The zero-order valence-electron chi connectivity index (χ0n) is 8.53. The first-order chi connectivity index (χ1) is 6.22. The van der Waals surface area contributed by atoms with Gasteiger partial charge in [0, 0.05) is 23.9 Å². The molecule has 2 rings (SSSR count). The van der Waals surface area contributed by atoms with E-state index in [4.69, 9.17) is 0 Å². The Bertz CT molecular complexity index is 244. The zero-order valence-corrected chi connectivity index (χ0v) is 8.53. The summed E-state index contributed by atoms with van der Waals surface area (Å²) in [6.07, 6.45) is 10.1. The molecule has 2 aliphatic rings. The molecule has 0 aromatic heterocycles. The first-order valence-corrected chi connectivity index (χ1v) is 5.12. The van der Waals surface area contributed by atoms with Crippen molar-refractivity contribution in [1.82, 2.24) is 4.90 Å². The molecule has 2 heteroatoms. The summed E-state index contributed by atoms with van der Waals surface area (Å²) in [5.74, 6) is 0. The van der Waals surface area contributed by atoms with Gasteiger partial charge in [0.05, 0.1) is 0 Å². The Kier molecular flexibility index (Phi) is 2.24. The standard InChI is InChI=1S/C11H18N2/c1-11(6-4-7-12-9-11)10-5-3-8-13(10)2/h4,7,9-10H,3,5-6,8H2,1-2H3/t10-,11?/m0/s1. The summed E-state index contributed by atoms with van der Waals surface area (Å²) in [4.78, 5) is 6.75. The van der Waals surface area contributed by atoms with Crippen LogP contribution in [0.1, 0.15) is 26.2 Å². The largest absolute Gasteiger partial charge is 0.302 e. The molecule has 2 nitrogen and oxygen atoms in total. The minimum Gasteiger partial charge on any atom is -0.302 e. The number of allylic oxidation sites excluding steroid dienone is 1. The fourth-order valence-electron chi connectivity index (χ4n) is 2.60. The SMILES string of the molecule is CN1CCC[C@H]1C1(C)C=NC=CC1. The predicted octanol–water partition coefficient (Wildman–Crippen LogP) is 2.08. The molecule has 0 aromatic carbocycles. The smallest absolute Gasteiger partial charge is 0.0224 e. The van der Waals surface area contributed by atoms with E-state index in [9.17, 15) is 0 Å². The molecule has 13 heavy (non-hydrogen) atoms. The minimum atomic E-state index is 0.278. The van der Waals surface area contributed by atoms with Crippen LogP contribution in [0.3, 0.4) is 0 Å². The lowest BCUT2D eigenvalue weighted by Gasteiger charge is -2.36. The minimum absolute atomic E-state index is 0.278. The molecule has 0 aliphatic carbocycles. The van der Waals surface area contributed by atoms with Crippen LogP contribution in [0, 0.1) is 5.41 Å². The van der Waals surface area contributed by atoms with Crippen LogP contribution in [0.2, 0.25) is 0 Å². The Morgan fingerprint density at radius 2 is 2.38 bits per heavy atom. The number of rotatable bonds is 1. The first-order valence-electron chi connectivity index (χ1n) is 5.12. The predicted molar refractivity (Wildman–Crippen MR) is 56.0 cm³/mol. The molecular formula is C11H18N2. The number of hydrogen-bond donors (Lipinski definition) is 0. The van der Waals surface area contributed by atoms with E-state index in [0.717, 1.165) is 6.42 Å². The normalized spacial score (nSPS) is 40.0. The molecule has 1 fully saturated rings. The van der Waals surface area contributed by atoms with Gasteiger partial charge < -0.3 is 4.90 Å². The van der Waals surface area contributed by atoms with Gasteiger partial charge >= 0.3 is 0 Å². The lowest BCUT2D eigenvalue weighted by atomic mass is 9.78. The molecule has 0 aromatic rings. The highest BCUT2D eigenvalue weighted by Crippen LogP contribution is 2.35. The molecule has 2 aliphatic heterocycles. The number of likely N-dealkylation sites (tertiary alicyclic amines) is 1. The third kappa shape index (κ3) is 1.55. The highest BCUT2D eigenvalue weighted by molar-refractivity contribution is 5.68. The molecular weight excluding hydrogens is 160 g/mol. The average molecular weight is 178 g/mol. The van der Waals surface area contributed by atoms with E-state index in [1.54, 1.807) is 0 Å². The summed E-state index contributed by atoms with van der Waals surface area (Å²) in [7, 11) is 2.23. The van der Waals surface area contributed by atoms with E-state index in [1.807, 2.05) is 6.20 Å². The third-order valence-electron chi connectivity index (χ3n) is 3.40. The lowest BCUT2D eigenvalue weighted by Crippen LogP contribution is -2.42. The van der Waals surface area contributed by atoms with E-state index in [2.05, 4.69) is 36.2 Å². The molecule has 1 unspecified atom stereocenters. The van der Waals surface area contributed by atoms with Crippen molar-refractivity contribution >= 4 is 6.21 Å². The van der Waals surface area contributed by atoms with Crippen LogP contribution in [0.25, 0.3) is 0 Å². The van der Waals surface area contributed by atoms with Gasteiger partial charge in [-0.1, -0.05) is 13.0 Å². The first kappa shape index (κ1) is 8.95. The highest BCUT2D eigenvalue weighted by Gasteiger charge is 2.37. The van der Waals surface area contributed by atoms with Gasteiger partial charge in [0.1, 0.15) is 0 Å². The molecule has 1 saturated heterocycles. The van der Waals surface area contributed by atoms with Crippen molar-refractivity contribution in [3.05, 3.63) is 12.3 Å². The second-order valence-electron chi connectivity index (χ2n) is 4.51. The van der Waals surface area contributed by atoms with E-state index < -0.39 is 0 Å². The van der Waals surface area contributed by atoms with Gasteiger partial charge in [-0.3, -0.25) is 4.99 Å². The fraction of sp³-hybridized carbons (Fsp3) is 0.727. The molecule has 0 radical (unpaired) electrons. The van der Waals surface area contributed by atoms with Crippen LogP contribution in [-0.4, -0.2) is 30.7 Å². The van der Waals surface area contributed by atoms with Crippen LogP contribution in [0.15, 0.2) is 17.3 Å². The van der Waals surface area contributed by atoms with Gasteiger partial charge in [-0.25, -0.2) is 0 Å². The Morgan fingerprint density at radius 1 is 1.54 bits per heavy atom. The van der Waals surface area contributed by atoms with Crippen molar-refractivity contribution in [2.75, 3.05) is 13.6 Å². The van der Waals surface area contributed by atoms with E-state index in [0.29, 0.717) is 6.04 Å². The Labute approximate surface area is 80.3 Å². The molecule has 0 spiro atoms. The monoisotopic (exact) mass is 178 g/mol. The van der Waals surface area contributed by atoms with Crippen LogP contribution in [0.5, 0.6) is 0 Å². The van der Waals surface area contributed by atoms with Crippen LogP contribution >= 0.6 is 0 Å². The van der Waals surface area contributed by atoms with E-state index in [-0.39, 0.29) is 5.41 Å². The van der Waals surface area contributed by atoms with Crippen molar-refractivity contribution in [3.8, 4) is 0 Å². The van der Waals surface area contributed by atoms with Gasteiger partial charge in [0.15, 0.2) is 0 Å². The number of nitrogens with zero attached hydrogens (tertiary/aromatic N) is 2. The number of aliphatic imine (C=N–C) groups is 1. The van der Waals surface area contributed by atoms with Gasteiger partial charge in [0.2, 0.25) is 0 Å². The highest BCUT2D eigenvalue weighted by atomic mass is 15.2. The Morgan fingerprint density at radius 3 is 2.92 bits per heavy atom. The van der Waals surface area contributed by atoms with E-state index >= 15 is 0 Å². The van der Waals surface area contributed by atoms with Crippen molar-refractivity contribution in [3.63, 3.8) is 0 Å². The Balaban J connectivity index is 2.14. The molecule has 0 bridgehead atoms. The zero-order chi connectivity index (χ0) is 9.31. The summed E-state index contributed by atoms with van der Waals surface area (Å²) < 4.78 is 0. The van der Waals surface area contributed by atoms with E-state index in [1.165, 1.54) is 19.4 Å². The van der Waals surface area contributed by atoms with Crippen molar-refractivity contribution < 1.29 is 0 Å². The fourth-order valence-corrected chi connectivity index (χ4v) is 2.60. The maximum Gasteiger partial charge on any atom is 0.0224 e. The molecule has 72 valence electrons. The summed E-state index contributed by atoms with van der Waals surface area (Å²) in [6.45, 7) is 3.57. The Hall–Kier alpha value is -0.630. The summed E-state index contributed by atoms with van der Waals surface area (Å²) in [6, 6.07) is 0.696. The van der Waals surface area contributed by atoms with Gasteiger partial charge in [-0.15, -0.1) is 0 Å². The second-order valence-corrected chi connectivity index (χ2v) is 4.51. The molecule has 0 amide bonds. The van der Waals surface area contributed by atoms with Crippen LogP contribution < -0.4 is 0 Å². The van der Waals surface area contributed by atoms with Gasteiger partial charge in [-0.05, 0) is 32.9 Å². The van der Waals surface area contributed by atoms with Gasteiger partial charge in [-0.2, -0.15) is 0 Å². The van der Waals surface area contributed by atoms with Crippen LogP contribution in [0.4, 0.5) is 0 Å². The summed E-state index contributed by atoms with van der Waals surface area (Å²) in [5.41, 5.74) is 0.278. The van der Waals surface area contributed by atoms with Crippen molar-refractivity contribution in [1.29, 1.82) is 0 Å². The molecule has 2 atom stereocenters. The maximum atomic E-state index is 4.28. The van der Waals surface area contributed by atoms with Crippen molar-refractivity contribution in [2.24, 2.45) is 10.4 Å². The molecule has 0 N–H and O–H groups in total. The lowest BCUT2D eigenvalue weighted by molar-refractivity contribution is 0.199. The molecule has 0 saturated carbocycles. The van der Waals surface area contributed by atoms with Crippen LogP contribution in [-0.2, 0) is 0 Å². The molecule has 2 heterocycles. The second kappa shape index (κ2) is 3.26. The van der Waals surface area contributed by atoms with Gasteiger partial charge in [0.25, 0.3) is 0 Å². The summed E-state index contributed by atoms with van der Waals surface area (Å²) >= 11 is 0. The average Bonchev–Trinajstić information content (AvgIpc) is 2.53. The van der Waals surface area contributed by atoms with Crippen molar-refractivity contribution in [2.45, 2.75) is 32.2 Å². The summed E-state index contributed by atoms with van der Waals surface area (Å²) in [5, 5.41) is 0.